The van der Waals surface area contributed by atoms with Crippen molar-refractivity contribution in [1.29, 1.82) is 0 Å². The Labute approximate surface area is 110 Å². The maximum Gasteiger partial charge on any atom is 0.244 e. The van der Waals surface area contributed by atoms with Crippen molar-refractivity contribution in [3.05, 3.63) is 47.0 Å². The molecule has 4 N–H and O–H groups in total. The lowest BCUT2D eigenvalue weighted by molar-refractivity contribution is -0.118. The first-order valence-corrected chi connectivity index (χ1v) is 5.82. The maximum atomic E-state index is 12.8. The first kappa shape index (κ1) is 13.1. The van der Waals surface area contributed by atoms with Crippen LogP contribution < -0.4 is 11.1 Å². The fourth-order valence-corrected chi connectivity index (χ4v) is 1.98. The Hall–Kier alpha value is -2.37. The van der Waals surface area contributed by atoms with Crippen molar-refractivity contribution >= 4 is 11.6 Å². The molecule has 1 amide bonds. The zero-order chi connectivity index (χ0) is 14.0. The molecule has 2 rings (SSSR count). The first-order chi connectivity index (χ1) is 8.99. The van der Waals surface area contributed by atoms with Crippen molar-refractivity contribution in [2.45, 2.75) is 19.9 Å². The average molecular weight is 262 g/mol. The Morgan fingerprint density at radius 2 is 2.00 bits per heavy atom. The molecule has 0 aliphatic carbocycles. The van der Waals surface area contributed by atoms with E-state index in [1.54, 1.807) is 19.1 Å². The van der Waals surface area contributed by atoms with E-state index in [9.17, 15) is 9.18 Å². The summed E-state index contributed by atoms with van der Waals surface area (Å²) in [4.78, 5) is 11.6. The molecule has 0 fully saturated rings. The summed E-state index contributed by atoms with van der Waals surface area (Å²) < 4.78 is 12.8. The summed E-state index contributed by atoms with van der Waals surface area (Å²) >= 11 is 0. The standard InChI is InChI=1S/C13H15FN4O/c1-7-11(8(2)18-17-7)12(13(15)19)16-10-5-3-9(14)4-6-10/h3-6,12,16H,1-2H3,(H2,15,19)(H,17,18). The van der Waals surface area contributed by atoms with Crippen LogP contribution in [0.3, 0.4) is 0 Å². The highest BCUT2D eigenvalue weighted by Crippen LogP contribution is 2.24. The smallest absolute Gasteiger partial charge is 0.244 e. The molecule has 1 atom stereocenters. The summed E-state index contributed by atoms with van der Waals surface area (Å²) in [6.45, 7) is 3.61. The van der Waals surface area contributed by atoms with Gasteiger partial charge in [-0.3, -0.25) is 9.89 Å². The van der Waals surface area contributed by atoms with Gasteiger partial charge in [0.05, 0.1) is 5.69 Å². The minimum Gasteiger partial charge on any atom is -0.370 e. The van der Waals surface area contributed by atoms with Crippen molar-refractivity contribution < 1.29 is 9.18 Å². The third-order valence-corrected chi connectivity index (χ3v) is 2.91. The molecule has 5 nitrogen and oxygen atoms in total. The fraction of sp³-hybridized carbons (Fsp3) is 0.231. The summed E-state index contributed by atoms with van der Waals surface area (Å²) in [7, 11) is 0. The van der Waals surface area contributed by atoms with E-state index in [1.165, 1.54) is 12.1 Å². The predicted molar refractivity (Wildman–Crippen MR) is 70.0 cm³/mol. The molecule has 0 radical (unpaired) electrons. The van der Waals surface area contributed by atoms with E-state index in [0.717, 1.165) is 11.3 Å². The molecule has 100 valence electrons. The second-order valence-electron chi connectivity index (χ2n) is 4.33. The van der Waals surface area contributed by atoms with Gasteiger partial charge < -0.3 is 11.1 Å². The molecule has 0 bridgehead atoms. The van der Waals surface area contributed by atoms with Gasteiger partial charge in [0, 0.05) is 16.9 Å². The number of carbonyl (C=O) groups excluding carboxylic acids is 1. The molecule has 1 aromatic heterocycles. The van der Waals surface area contributed by atoms with E-state index in [-0.39, 0.29) is 5.82 Å². The van der Waals surface area contributed by atoms with Crippen molar-refractivity contribution in [3.8, 4) is 0 Å². The Balaban J connectivity index is 2.32. The van der Waals surface area contributed by atoms with Gasteiger partial charge in [-0.25, -0.2) is 4.39 Å². The van der Waals surface area contributed by atoms with E-state index in [1.807, 2.05) is 6.92 Å². The molecule has 0 spiro atoms. The zero-order valence-electron chi connectivity index (χ0n) is 10.7. The van der Waals surface area contributed by atoms with Crippen LogP contribution in [-0.2, 0) is 4.79 Å². The molecule has 0 saturated carbocycles. The number of aryl methyl sites for hydroxylation is 2. The third kappa shape index (κ3) is 2.73. The number of amides is 1. The Kier molecular flexibility index (Phi) is 3.50. The van der Waals surface area contributed by atoms with Crippen molar-refractivity contribution in [2.24, 2.45) is 5.73 Å². The molecular weight excluding hydrogens is 247 g/mol. The van der Waals surface area contributed by atoms with Crippen LogP contribution in [0.5, 0.6) is 0 Å². The van der Waals surface area contributed by atoms with Crippen LogP contribution in [-0.4, -0.2) is 16.1 Å². The summed E-state index contributed by atoms with van der Waals surface area (Å²) in [5.74, 6) is -0.853. The normalized spacial score (nSPS) is 12.2. The molecule has 0 aliphatic heterocycles. The van der Waals surface area contributed by atoms with E-state index >= 15 is 0 Å². The van der Waals surface area contributed by atoms with Crippen LogP contribution in [0, 0.1) is 19.7 Å². The quantitative estimate of drug-likeness (QED) is 0.785. The van der Waals surface area contributed by atoms with Gasteiger partial charge in [-0.15, -0.1) is 0 Å². The van der Waals surface area contributed by atoms with Gasteiger partial charge >= 0.3 is 0 Å². The van der Waals surface area contributed by atoms with Gasteiger partial charge in [-0.1, -0.05) is 0 Å². The molecule has 1 aromatic carbocycles. The number of rotatable bonds is 4. The number of nitrogens with one attached hydrogen (secondary N) is 2. The van der Waals surface area contributed by atoms with Gasteiger partial charge in [-0.2, -0.15) is 5.10 Å². The maximum absolute atomic E-state index is 12.8. The molecule has 1 unspecified atom stereocenters. The van der Waals surface area contributed by atoms with E-state index in [0.29, 0.717) is 11.4 Å². The monoisotopic (exact) mass is 262 g/mol. The van der Waals surface area contributed by atoms with Gasteiger partial charge in [0.25, 0.3) is 0 Å². The largest absolute Gasteiger partial charge is 0.370 e. The number of hydrogen-bond acceptors (Lipinski definition) is 3. The summed E-state index contributed by atoms with van der Waals surface area (Å²) in [5, 5.41) is 9.84. The Morgan fingerprint density at radius 3 is 2.47 bits per heavy atom. The van der Waals surface area contributed by atoms with E-state index < -0.39 is 11.9 Å². The molecule has 0 saturated heterocycles. The minimum atomic E-state index is -0.704. The lowest BCUT2D eigenvalue weighted by Gasteiger charge is -2.17. The summed E-state index contributed by atoms with van der Waals surface area (Å²) in [6, 6.07) is 5.03. The number of aromatic amines is 1. The highest BCUT2D eigenvalue weighted by atomic mass is 19.1. The lowest BCUT2D eigenvalue weighted by Crippen LogP contribution is -2.28. The fourth-order valence-electron chi connectivity index (χ4n) is 1.98. The number of aromatic nitrogens is 2. The summed E-state index contributed by atoms with van der Waals surface area (Å²) in [5.41, 5.74) is 8.24. The van der Waals surface area contributed by atoms with Gasteiger partial charge in [0.1, 0.15) is 11.9 Å². The SMILES string of the molecule is Cc1n[nH]c(C)c1C(Nc1ccc(F)cc1)C(N)=O. The number of carbonyl (C=O) groups is 1. The molecular formula is C13H15FN4O. The highest BCUT2D eigenvalue weighted by Gasteiger charge is 2.23. The van der Waals surface area contributed by atoms with E-state index in [4.69, 9.17) is 5.73 Å². The van der Waals surface area contributed by atoms with Gasteiger partial charge in [0.2, 0.25) is 5.91 Å². The average Bonchev–Trinajstić information content (AvgIpc) is 2.68. The number of H-pyrrole nitrogens is 1. The van der Waals surface area contributed by atoms with Crippen molar-refractivity contribution in [1.82, 2.24) is 10.2 Å². The highest BCUT2D eigenvalue weighted by molar-refractivity contribution is 5.85. The van der Waals surface area contributed by atoms with E-state index in [2.05, 4.69) is 15.5 Å². The molecule has 1 heterocycles. The van der Waals surface area contributed by atoms with Crippen LogP contribution >= 0.6 is 0 Å². The van der Waals surface area contributed by atoms with Gasteiger partial charge in [-0.05, 0) is 38.1 Å². The van der Waals surface area contributed by atoms with Crippen LogP contribution in [0.15, 0.2) is 24.3 Å². The number of nitrogens with two attached hydrogens (primary N) is 1. The van der Waals surface area contributed by atoms with Crippen LogP contribution in [0.25, 0.3) is 0 Å². The molecule has 19 heavy (non-hydrogen) atoms. The molecule has 2 aromatic rings. The van der Waals surface area contributed by atoms with Crippen LogP contribution in [0.2, 0.25) is 0 Å². The van der Waals surface area contributed by atoms with Crippen molar-refractivity contribution in [2.75, 3.05) is 5.32 Å². The number of benzene rings is 1. The molecule has 6 heteroatoms. The first-order valence-electron chi connectivity index (χ1n) is 5.82. The lowest BCUT2D eigenvalue weighted by atomic mass is 10.0. The minimum absolute atomic E-state index is 0.336. The number of halogens is 1. The second-order valence-corrected chi connectivity index (χ2v) is 4.33. The second kappa shape index (κ2) is 5.09. The number of primary amides is 1. The Bertz CT molecular complexity index is 572. The third-order valence-electron chi connectivity index (χ3n) is 2.91. The van der Waals surface area contributed by atoms with Crippen LogP contribution in [0.1, 0.15) is 23.0 Å². The zero-order valence-corrected chi connectivity index (χ0v) is 10.7. The van der Waals surface area contributed by atoms with Gasteiger partial charge in [0.15, 0.2) is 0 Å². The number of hydrogen-bond donors (Lipinski definition) is 3. The van der Waals surface area contributed by atoms with Crippen LogP contribution in [0.4, 0.5) is 10.1 Å². The number of anilines is 1. The number of nitrogens with zero attached hydrogens (tertiary/aromatic N) is 1. The van der Waals surface area contributed by atoms with Crippen molar-refractivity contribution in [3.63, 3.8) is 0 Å². The topological polar surface area (TPSA) is 83.8 Å². The summed E-state index contributed by atoms with van der Waals surface area (Å²) in [6.07, 6.45) is 0. The predicted octanol–water partition coefficient (Wildman–Crippen LogP) is 1.80. The molecule has 0 aliphatic rings. The Morgan fingerprint density at radius 1 is 1.37 bits per heavy atom.